The van der Waals surface area contributed by atoms with Crippen LogP contribution in [0.25, 0.3) is 11.3 Å². The number of carbonyl (C=O) groups is 2. The van der Waals surface area contributed by atoms with E-state index in [9.17, 15) is 9.59 Å². The Morgan fingerprint density at radius 3 is 2.48 bits per heavy atom. The Labute approximate surface area is 133 Å². The van der Waals surface area contributed by atoms with Crippen LogP contribution >= 0.6 is 0 Å². The normalized spacial score (nSPS) is 11.1. The largest absolute Gasteiger partial charge is 0.477 e. The lowest BCUT2D eigenvalue weighted by Gasteiger charge is -2.20. The van der Waals surface area contributed by atoms with Crippen molar-refractivity contribution in [3.63, 3.8) is 0 Å². The lowest BCUT2D eigenvalue weighted by atomic mass is 10.1. The van der Waals surface area contributed by atoms with Crippen LogP contribution in [0.5, 0.6) is 0 Å². The Morgan fingerprint density at radius 2 is 1.91 bits per heavy atom. The van der Waals surface area contributed by atoms with Crippen molar-refractivity contribution in [3.05, 3.63) is 36.0 Å². The van der Waals surface area contributed by atoms with Crippen LogP contribution in [0.15, 0.2) is 30.3 Å². The molecule has 0 bridgehead atoms. The molecule has 0 spiro atoms. The maximum absolute atomic E-state index is 11.9. The van der Waals surface area contributed by atoms with Crippen molar-refractivity contribution in [2.24, 2.45) is 7.05 Å². The van der Waals surface area contributed by atoms with Gasteiger partial charge in [-0.3, -0.25) is 10.00 Å². The molecular weight excluding hydrogens is 298 g/mol. The highest BCUT2D eigenvalue weighted by Gasteiger charge is 2.19. The van der Waals surface area contributed by atoms with Gasteiger partial charge in [0, 0.05) is 12.6 Å². The van der Waals surface area contributed by atoms with Crippen LogP contribution in [-0.4, -0.2) is 32.6 Å². The first-order chi connectivity index (χ1) is 10.7. The Balaban J connectivity index is 2.33. The lowest BCUT2D eigenvalue weighted by molar-refractivity contribution is 0.0633. The summed E-state index contributed by atoms with van der Waals surface area (Å²) in [6.07, 6.45) is -0.584. The van der Waals surface area contributed by atoms with Crippen molar-refractivity contribution in [2.75, 3.05) is 5.32 Å². The van der Waals surface area contributed by atoms with E-state index >= 15 is 0 Å². The van der Waals surface area contributed by atoms with E-state index in [0.717, 1.165) is 0 Å². The number of nitrogens with zero attached hydrogens (tertiary/aromatic N) is 2. The number of hydrogen-bond acceptors (Lipinski definition) is 4. The highest BCUT2D eigenvalue weighted by Crippen LogP contribution is 2.27. The van der Waals surface area contributed by atoms with E-state index in [1.165, 1.54) is 10.7 Å². The second-order valence-corrected chi connectivity index (χ2v) is 6.02. The standard InChI is InChI=1S/C16H19N3O4/c1-16(2,3)23-15(22)17-11-8-6-5-7-10(11)12-9-13(14(20)21)19(4)18-12/h5-9H,1-4H3,(H,17,22)(H,20,21). The third kappa shape index (κ3) is 4.09. The molecule has 7 heteroatoms. The van der Waals surface area contributed by atoms with Crippen molar-refractivity contribution in [3.8, 4) is 11.3 Å². The van der Waals surface area contributed by atoms with Gasteiger partial charge in [-0.05, 0) is 32.9 Å². The molecule has 1 heterocycles. The van der Waals surface area contributed by atoms with Gasteiger partial charge in [-0.15, -0.1) is 0 Å². The first-order valence-corrected chi connectivity index (χ1v) is 7.04. The summed E-state index contributed by atoms with van der Waals surface area (Å²) < 4.78 is 6.51. The second-order valence-electron chi connectivity index (χ2n) is 6.02. The fourth-order valence-corrected chi connectivity index (χ4v) is 2.03. The molecule has 1 aromatic heterocycles. The van der Waals surface area contributed by atoms with Crippen molar-refractivity contribution >= 4 is 17.7 Å². The van der Waals surface area contributed by atoms with Crippen LogP contribution in [0.4, 0.5) is 10.5 Å². The highest BCUT2D eigenvalue weighted by molar-refractivity contribution is 5.92. The van der Waals surface area contributed by atoms with E-state index in [0.29, 0.717) is 16.9 Å². The molecular formula is C16H19N3O4. The van der Waals surface area contributed by atoms with Crippen LogP contribution in [0, 0.1) is 0 Å². The average Bonchev–Trinajstić information content (AvgIpc) is 2.79. The molecule has 23 heavy (non-hydrogen) atoms. The van der Waals surface area contributed by atoms with E-state index in [1.807, 2.05) is 0 Å². The molecule has 0 aliphatic rings. The number of aromatic nitrogens is 2. The molecule has 122 valence electrons. The van der Waals surface area contributed by atoms with Gasteiger partial charge in [0.15, 0.2) is 0 Å². The fraction of sp³-hybridized carbons (Fsp3) is 0.312. The van der Waals surface area contributed by atoms with Gasteiger partial charge in [-0.1, -0.05) is 18.2 Å². The SMILES string of the molecule is Cn1nc(-c2ccccc2NC(=O)OC(C)(C)C)cc1C(=O)O. The first kappa shape index (κ1) is 16.5. The maximum atomic E-state index is 11.9. The molecule has 2 aromatic rings. The fourth-order valence-electron chi connectivity index (χ4n) is 2.03. The molecule has 0 unspecified atom stereocenters. The molecule has 0 saturated heterocycles. The smallest absolute Gasteiger partial charge is 0.412 e. The quantitative estimate of drug-likeness (QED) is 0.907. The number of carboxylic acids is 1. The van der Waals surface area contributed by atoms with Crippen LogP contribution < -0.4 is 5.32 Å². The monoisotopic (exact) mass is 317 g/mol. The van der Waals surface area contributed by atoms with Gasteiger partial charge in [-0.25, -0.2) is 9.59 Å². The molecule has 0 atom stereocenters. The van der Waals surface area contributed by atoms with Gasteiger partial charge >= 0.3 is 12.1 Å². The Kier molecular flexibility index (Phi) is 4.40. The van der Waals surface area contributed by atoms with E-state index in [-0.39, 0.29) is 5.69 Å². The average molecular weight is 317 g/mol. The van der Waals surface area contributed by atoms with Crippen LogP contribution in [0.2, 0.25) is 0 Å². The summed E-state index contributed by atoms with van der Waals surface area (Å²) in [7, 11) is 1.55. The summed E-state index contributed by atoms with van der Waals surface area (Å²) in [5.41, 5.74) is 1.02. The molecule has 0 aliphatic carbocycles. The minimum absolute atomic E-state index is 0.0621. The number of anilines is 1. The minimum Gasteiger partial charge on any atom is -0.477 e. The van der Waals surface area contributed by atoms with Crippen LogP contribution in [0.1, 0.15) is 31.3 Å². The molecule has 1 amide bonds. The zero-order chi connectivity index (χ0) is 17.2. The predicted octanol–water partition coefficient (Wildman–Crippen LogP) is 3.13. The number of ether oxygens (including phenoxy) is 1. The van der Waals surface area contributed by atoms with Crippen LogP contribution in [0.3, 0.4) is 0 Å². The summed E-state index contributed by atoms with van der Waals surface area (Å²) in [5, 5.41) is 16.0. The summed E-state index contributed by atoms with van der Waals surface area (Å²) in [5.74, 6) is -1.07. The molecule has 2 rings (SSSR count). The third-order valence-corrected chi connectivity index (χ3v) is 2.94. The van der Waals surface area contributed by atoms with Crippen molar-refractivity contribution in [2.45, 2.75) is 26.4 Å². The van der Waals surface area contributed by atoms with Crippen molar-refractivity contribution in [1.29, 1.82) is 0 Å². The van der Waals surface area contributed by atoms with Gasteiger partial charge in [0.1, 0.15) is 11.3 Å². The Hall–Kier alpha value is -2.83. The van der Waals surface area contributed by atoms with Gasteiger partial charge in [0.05, 0.1) is 11.4 Å². The van der Waals surface area contributed by atoms with E-state index in [1.54, 1.807) is 52.1 Å². The summed E-state index contributed by atoms with van der Waals surface area (Å²) in [4.78, 5) is 23.1. The summed E-state index contributed by atoms with van der Waals surface area (Å²) in [6.45, 7) is 5.32. The zero-order valence-corrected chi connectivity index (χ0v) is 13.5. The highest BCUT2D eigenvalue weighted by atomic mass is 16.6. The lowest BCUT2D eigenvalue weighted by Crippen LogP contribution is -2.27. The zero-order valence-electron chi connectivity index (χ0n) is 13.5. The molecule has 7 nitrogen and oxygen atoms in total. The van der Waals surface area contributed by atoms with Crippen molar-refractivity contribution < 1.29 is 19.4 Å². The first-order valence-electron chi connectivity index (χ1n) is 7.04. The molecule has 0 aliphatic heterocycles. The number of rotatable bonds is 3. The van der Waals surface area contributed by atoms with E-state index in [2.05, 4.69) is 10.4 Å². The molecule has 0 fully saturated rings. The Bertz CT molecular complexity index is 744. The number of carboxylic acid groups (broad SMARTS) is 1. The second kappa shape index (κ2) is 6.12. The molecule has 0 radical (unpaired) electrons. The van der Waals surface area contributed by atoms with E-state index in [4.69, 9.17) is 9.84 Å². The maximum Gasteiger partial charge on any atom is 0.412 e. The van der Waals surface area contributed by atoms with E-state index < -0.39 is 17.7 Å². The Morgan fingerprint density at radius 1 is 1.26 bits per heavy atom. The number of nitrogens with one attached hydrogen (secondary N) is 1. The number of amides is 1. The summed E-state index contributed by atoms with van der Waals surface area (Å²) in [6, 6.07) is 8.45. The van der Waals surface area contributed by atoms with Gasteiger partial charge < -0.3 is 9.84 Å². The topological polar surface area (TPSA) is 93.5 Å². The number of aryl methyl sites for hydroxylation is 1. The number of hydrogen-bond donors (Lipinski definition) is 2. The minimum atomic E-state index is -1.07. The predicted molar refractivity (Wildman–Crippen MR) is 85.5 cm³/mol. The molecule has 2 N–H and O–H groups in total. The number of benzene rings is 1. The van der Waals surface area contributed by atoms with Gasteiger partial charge in [0.25, 0.3) is 0 Å². The van der Waals surface area contributed by atoms with Gasteiger partial charge in [-0.2, -0.15) is 5.10 Å². The number of aromatic carboxylic acids is 1. The molecule has 0 saturated carbocycles. The number of carbonyl (C=O) groups excluding carboxylic acids is 1. The summed E-state index contributed by atoms with van der Waals surface area (Å²) >= 11 is 0. The number of para-hydroxylation sites is 1. The third-order valence-electron chi connectivity index (χ3n) is 2.94. The molecule has 1 aromatic carbocycles. The van der Waals surface area contributed by atoms with Crippen LogP contribution in [-0.2, 0) is 11.8 Å². The van der Waals surface area contributed by atoms with Crippen molar-refractivity contribution in [1.82, 2.24) is 9.78 Å². The van der Waals surface area contributed by atoms with Gasteiger partial charge in [0.2, 0.25) is 0 Å².